The molecule has 0 bridgehead atoms. The lowest BCUT2D eigenvalue weighted by atomic mass is 10.1. The molecule has 1 amide bonds. The molecule has 15 heavy (non-hydrogen) atoms. The van der Waals surface area contributed by atoms with E-state index in [1.165, 1.54) is 13.8 Å². The summed E-state index contributed by atoms with van der Waals surface area (Å²) in [6, 6.07) is 0. The molecule has 6 heteroatoms. The van der Waals surface area contributed by atoms with Gasteiger partial charge in [-0.25, -0.2) is 4.99 Å². The zero-order chi connectivity index (χ0) is 12.2. The van der Waals surface area contributed by atoms with Gasteiger partial charge >= 0.3 is 0 Å². The second-order valence-electron chi connectivity index (χ2n) is 3.86. The molecule has 0 rings (SSSR count). The number of hydrogen-bond acceptors (Lipinski definition) is 3. The van der Waals surface area contributed by atoms with Crippen LogP contribution in [0, 0.1) is 0 Å². The highest BCUT2D eigenvalue weighted by atomic mass is 16.3. The Balaban J connectivity index is 4.76. The van der Waals surface area contributed by atoms with Crippen LogP contribution in [-0.4, -0.2) is 28.7 Å². The Bertz CT molecular complexity index is 287. The number of guanidine groups is 1. The average molecular weight is 214 g/mol. The number of hydrogen-bond donors (Lipinski definition) is 4. The standard InChI is InChI=1S/C9H18N4O2/c1-5(2)6(14)12-7(9(3,4)15)13-8(10)11/h7,15H,1H2,2-4H3,(H,12,14)(H4,10,11,13). The fraction of sp³-hybridized carbons (Fsp3) is 0.556. The number of aliphatic hydroxyl groups is 1. The van der Waals surface area contributed by atoms with Crippen molar-refractivity contribution >= 4 is 11.9 Å². The van der Waals surface area contributed by atoms with Gasteiger partial charge in [0.05, 0.1) is 5.60 Å². The molecule has 0 fully saturated rings. The predicted octanol–water partition coefficient (Wildman–Crippen LogP) is -0.951. The second kappa shape index (κ2) is 4.79. The van der Waals surface area contributed by atoms with Gasteiger partial charge in [0.25, 0.3) is 0 Å². The summed E-state index contributed by atoms with van der Waals surface area (Å²) in [7, 11) is 0. The maximum atomic E-state index is 11.3. The maximum absolute atomic E-state index is 11.3. The largest absolute Gasteiger partial charge is 0.386 e. The Morgan fingerprint density at radius 3 is 2.27 bits per heavy atom. The lowest BCUT2D eigenvalue weighted by molar-refractivity contribution is -0.119. The molecule has 0 aliphatic heterocycles. The van der Waals surface area contributed by atoms with Crippen molar-refractivity contribution in [3.05, 3.63) is 12.2 Å². The highest BCUT2D eigenvalue weighted by Gasteiger charge is 2.28. The van der Waals surface area contributed by atoms with Crippen LogP contribution < -0.4 is 16.8 Å². The van der Waals surface area contributed by atoms with Crippen molar-refractivity contribution < 1.29 is 9.90 Å². The Kier molecular flexibility index (Phi) is 4.29. The fourth-order valence-electron chi connectivity index (χ4n) is 0.763. The smallest absolute Gasteiger partial charge is 0.248 e. The zero-order valence-electron chi connectivity index (χ0n) is 9.24. The van der Waals surface area contributed by atoms with E-state index in [2.05, 4.69) is 16.9 Å². The predicted molar refractivity (Wildman–Crippen MR) is 58.9 cm³/mol. The van der Waals surface area contributed by atoms with Crippen LogP contribution >= 0.6 is 0 Å². The molecule has 0 saturated carbocycles. The lowest BCUT2D eigenvalue weighted by Crippen LogP contribution is -2.49. The Morgan fingerprint density at radius 2 is 2.00 bits per heavy atom. The summed E-state index contributed by atoms with van der Waals surface area (Å²) >= 11 is 0. The molecule has 0 aliphatic carbocycles. The van der Waals surface area contributed by atoms with E-state index in [1.807, 2.05) is 0 Å². The molecular formula is C9H18N4O2. The molecule has 0 radical (unpaired) electrons. The van der Waals surface area contributed by atoms with E-state index < -0.39 is 17.7 Å². The SMILES string of the molecule is C=C(C)C(=O)NC(N=C(N)N)C(C)(C)O. The first-order valence-electron chi connectivity index (χ1n) is 4.42. The summed E-state index contributed by atoms with van der Waals surface area (Å²) < 4.78 is 0. The first kappa shape index (κ1) is 13.4. The molecular weight excluding hydrogens is 196 g/mol. The third kappa shape index (κ3) is 5.02. The molecule has 0 heterocycles. The number of carbonyl (C=O) groups excluding carboxylic acids is 1. The second-order valence-corrected chi connectivity index (χ2v) is 3.86. The van der Waals surface area contributed by atoms with Crippen molar-refractivity contribution in [2.45, 2.75) is 32.5 Å². The van der Waals surface area contributed by atoms with E-state index >= 15 is 0 Å². The molecule has 1 atom stereocenters. The molecule has 6 nitrogen and oxygen atoms in total. The number of nitrogens with zero attached hydrogens (tertiary/aromatic N) is 1. The Labute approximate surface area is 89.0 Å². The number of amides is 1. The Morgan fingerprint density at radius 1 is 1.53 bits per heavy atom. The molecule has 6 N–H and O–H groups in total. The van der Waals surface area contributed by atoms with E-state index in [0.29, 0.717) is 5.57 Å². The van der Waals surface area contributed by atoms with Gasteiger partial charge in [0.2, 0.25) is 5.91 Å². The summed E-state index contributed by atoms with van der Waals surface area (Å²) in [6.45, 7) is 7.99. The van der Waals surface area contributed by atoms with Crippen LogP contribution in [0.3, 0.4) is 0 Å². The van der Waals surface area contributed by atoms with Gasteiger partial charge in [0, 0.05) is 5.57 Å². The maximum Gasteiger partial charge on any atom is 0.248 e. The van der Waals surface area contributed by atoms with Gasteiger partial charge in [-0.1, -0.05) is 6.58 Å². The van der Waals surface area contributed by atoms with Crippen molar-refractivity contribution in [2.24, 2.45) is 16.5 Å². The summed E-state index contributed by atoms with van der Waals surface area (Å²) in [4.78, 5) is 15.0. The number of carbonyl (C=O) groups is 1. The minimum Gasteiger partial charge on any atom is -0.386 e. The molecule has 0 aromatic heterocycles. The van der Waals surface area contributed by atoms with E-state index in [0.717, 1.165) is 0 Å². The third-order valence-corrected chi connectivity index (χ3v) is 1.60. The minimum atomic E-state index is -1.25. The number of nitrogens with two attached hydrogens (primary N) is 2. The van der Waals surface area contributed by atoms with Gasteiger partial charge < -0.3 is 21.9 Å². The molecule has 0 saturated heterocycles. The molecule has 0 aromatic carbocycles. The summed E-state index contributed by atoms with van der Waals surface area (Å²) in [5.41, 5.74) is 9.43. The van der Waals surface area contributed by atoms with Crippen LogP contribution in [0.15, 0.2) is 17.1 Å². The van der Waals surface area contributed by atoms with Crippen molar-refractivity contribution in [1.29, 1.82) is 0 Å². The van der Waals surface area contributed by atoms with Crippen LogP contribution in [0.2, 0.25) is 0 Å². The highest BCUT2D eigenvalue weighted by molar-refractivity contribution is 5.92. The van der Waals surface area contributed by atoms with Crippen LogP contribution in [-0.2, 0) is 4.79 Å². The van der Waals surface area contributed by atoms with Crippen LogP contribution in [0.25, 0.3) is 0 Å². The van der Waals surface area contributed by atoms with Crippen molar-refractivity contribution in [1.82, 2.24) is 5.32 Å². The molecule has 0 aliphatic rings. The first-order chi connectivity index (χ1) is 6.64. The molecule has 0 aromatic rings. The summed E-state index contributed by atoms with van der Waals surface area (Å²) in [5, 5.41) is 12.1. The summed E-state index contributed by atoms with van der Waals surface area (Å²) in [6.07, 6.45) is -0.897. The molecule has 86 valence electrons. The monoisotopic (exact) mass is 214 g/mol. The van der Waals surface area contributed by atoms with Crippen LogP contribution in [0.5, 0.6) is 0 Å². The van der Waals surface area contributed by atoms with Gasteiger partial charge in [-0.05, 0) is 20.8 Å². The normalized spacial score (nSPS) is 12.8. The number of rotatable bonds is 4. The van der Waals surface area contributed by atoms with E-state index in [-0.39, 0.29) is 5.96 Å². The Hall–Kier alpha value is -1.56. The van der Waals surface area contributed by atoms with Gasteiger partial charge in [-0.2, -0.15) is 0 Å². The van der Waals surface area contributed by atoms with Crippen molar-refractivity contribution in [2.75, 3.05) is 0 Å². The first-order valence-corrected chi connectivity index (χ1v) is 4.42. The zero-order valence-corrected chi connectivity index (χ0v) is 9.24. The quantitative estimate of drug-likeness (QED) is 0.274. The fourth-order valence-corrected chi connectivity index (χ4v) is 0.763. The van der Waals surface area contributed by atoms with Gasteiger partial charge in [0.1, 0.15) is 0 Å². The van der Waals surface area contributed by atoms with Crippen LogP contribution in [0.1, 0.15) is 20.8 Å². The van der Waals surface area contributed by atoms with Gasteiger partial charge in [0.15, 0.2) is 12.1 Å². The highest BCUT2D eigenvalue weighted by Crippen LogP contribution is 2.10. The van der Waals surface area contributed by atoms with E-state index in [4.69, 9.17) is 11.5 Å². The molecule has 1 unspecified atom stereocenters. The average Bonchev–Trinajstić information content (AvgIpc) is 2.00. The van der Waals surface area contributed by atoms with Gasteiger partial charge in [-0.3, -0.25) is 4.79 Å². The lowest BCUT2D eigenvalue weighted by Gasteiger charge is -2.26. The van der Waals surface area contributed by atoms with E-state index in [9.17, 15) is 9.90 Å². The molecule has 0 spiro atoms. The van der Waals surface area contributed by atoms with Crippen molar-refractivity contribution in [3.8, 4) is 0 Å². The summed E-state index contributed by atoms with van der Waals surface area (Å²) in [5.74, 6) is -0.615. The topological polar surface area (TPSA) is 114 Å². The minimum absolute atomic E-state index is 0.204. The number of aliphatic imine (C=N–C) groups is 1. The van der Waals surface area contributed by atoms with Crippen molar-refractivity contribution in [3.63, 3.8) is 0 Å². The number of nitrogens with one attached hydrogen (secondary N) is 1. The van der Waals surface area contributed by atoms with Crippen LogP contribution in [0.4, 0.5) is 0 Å². The third-order valence-electron chi connectivity index (χ3n) is 1.60. The van der Waals surface area contributed by atoms with Gasteiger partial charge in [-0.15, -0.1) is 0 Å². The van der Waals surface area contributed by atoms with E-state index in [1.54, 1.807) is 6.92 Å².